The lowest BCUT2D eigenvalue weighted by Crippen LogP contribution is -2.55. The topological polar surface area (TPSA) is 12.4 Å². The highest BCUT2D eigenvalue weighted by molar-refractivity contribution is 5.74. The number of nitrogens with zero attached hydrogens (tertiary/aromatic N) is 1. The Morgan fingerprint density at radius 3 is 2.00 bits per heavy atom. The van der Waals surface area contributed by atoms with Crippen molar-refractivity contribution in [3.8, 4) is 0 Å². The summed E-state index contributed by atoms with van der Waals surface area (Å²) in [6.07, 6.45) is 3.23. The Labute approximate surface area is 107 Å². The van der Waals surface area contributed by atoms with Crippen molar-refractivity contribution in [1.29, 1.82) is 0 Å². The van der Waals surface area contributed by atoms with Crippen LogP contribution in [0.5, 0.6) is 0 Å². The molecule has 0 aromatic carbocycles. The van der Waals surface area contributed by atoms with Gasteiger partial charge < -0.3 is 0 Å². The van der Waals surface area contributed by atoms with E-state index in [2.05, 4.69) is 66.3 Å². The van der Waals surface area contributed by atoms with Crippen molar-refractivity contribution in [2.45, 2.75) is 60.4 Å². The van der Waals surface area contributed by atoms with Gasteiger partial charge in [0, 0.05) is 11.6 Å². The lowest BCUT2D eigenvalue weighted by atomic mass is 9.60. The molecule has 0 amide bonds. The summed E-state index contributed by atoms with van der Waals surface area (Å²) in [7, 11) is 0. The summed E-state index contributed by atoms with van der Waals surface area (Å²) in [5.74, 6) is 1.83. The van der Waals surface area contributed by atoms with Gasteiger partial charge in [-0.05, 0) is 31.1 Å². The fourth-order valence-electron chi connectivity index (χ4n) is 2.61. The van der Waals surface area contributed by atoms with Gasteiger partial charge in [0.1, 0.15) is 0 Å². The van der Waals surface area contributed by atoms with Gasteiger partial charge in [0.15, 0.2) is 0 Å². The van der Waals surface area contributed by atoms with Crippen molar-refractivity contribution in [2.24, 2.45) is 28.2 Å². The van der Waals surface area contributed by atoms with Crippen LogP contribution in [0.4, 0.5) is 0 Å². The second-order valence-electron chi connectivity index (χ2n) is 6.91. The van der Waals surface area contributed by atoms with Crippen LogP contribution in [0.2, 0.25) is 0 Å². The molecule has 0 fully saturated rings. The molecule has 0 N–H and O–H groups in total. The Balaban J connectivity index is 2.69. The molecule has 0 saturated carbocycles. The fraction of sp³-hybridized carbons (Fsp3) is 0.812. The van der Waals surface area contributed by atoms with E-state index >= 15 is 0 Å². The average Bonchev–Trinajstić information content (AvgIpc) is 2.25. The predicted octanol–water partition coefficient (Wildman–Crippen LogP) is 4.73. The molecule has 3 atom stereocenters. The predicted molar refractivity (Wildman–Crippen MR) is 77.6 cm³/mol. The summed E-state index contributed by atoms with van der Waals surface area (Å²) < 4.78 is 0. The lowest BCUT2D eigenvalue weighted by Gasteiger charge is -2.52. The highest BCUT2D eigenvalue weighted by Gasteiger charge is 2.50. The van der Waals surface area contributed by atoms with Gasteiger partial charge in [-0.25, -0.2) is 0 Å². The number of aliphatic imine (C=N–C) groups is 1. The first kappa shape index (κ1) is 14.5. The number of allylic oxidation sites excluding steroid dienone is 1. The van der Waals surface area contributed by atoms with Crippen LogP contribution >= 0.6 is 0 Å². The minimum absolute atomic E-state index is 0.101. The van der Waals surface area contributed by atoms with Gasteiger partial charge in [-0.15, -0.1) is 0 Å². The minimum Gasteiger partial charge on any atom is -0.289 e. The summed E-state index contributed by atoms with van der Waals surface area (Å²) in [5.41, 5.74) is 1.71. The molecule has 1 aliphatic rings. The van der Waals surface area contributed by atoms with E-state index in [4.69, 9.17) is 0 Å². The van der Waals surface area contributed by atoms with E-state index in [0.717, 1.165) is 6.42 Å². The highest BCUT2D eigenvalue weighted by atomic mass is 15.0. The van der Waals surface area contributed by atoms with Crippen molar-refractivity contribution >= 4 is 6.21 Å². The van der Waals surface area contributed by atoms with E-state index < -0.39 is 0 Å². The molecule has 1 aliphatic heterocycles. The maximum Gasteiger partial charge on any atom is 0.0704 e. The van der Waals surface area contributed by atoms with Gasteiger partial charge in [-0.3, -0.25) is 4.99 Å². The van der Waals surface area contributed by atoms with E-state index in [1.54, 1.807) is 0 Å². The molecule has 1 unspecified atom stereocenters. The van der Waals surface area contributed by atoms with Gasteiger partial charge in [-0.2, -0.15) is 0 Å². The number of hydrogen-bond acceptors (Lipinski definition) is 1. The Hall–Kier alpha value is -0.590. The zero-order valence-electron chi connectivity index (χ0n) is 12.7. The second kappa shape index (κ2) is 4.59. The highest BCUT2D eigenvalue weighted by Crippen LogP contribution is 2.48. The third kappa shape index (κ3) is 2.48. The molecule has 0 radical (unpaired) electrons. The molecule has 1 heterocycles. The van der Waals surface area contributed by atoms with Crippen molar-refractivity contribution in [3.63, 3.8) is 0 Å². The van der Waals surface area contributed by atoms with Crippen LogP contribution in [0.15, 0.2) is 17.1 Å². The normalized spacial score (nSPS) is 29.9. The fourth-order valence-corrected chi connectivity index (χ4v) is 2.61. The van der Waals surface area contributed by atoms with Crippen molar-refractivity contribution in [2.75, 3.05) is 0 Å². The van der Waals surface area contributed by atoms with Gasteiger partial charge >= 0.3 is 0 Å². The SMILES string of the molecule is C=C(CC(C)[C@@H](C)[C@]1(C)N=CC1(C)C)C(C)C. The van der Waals surface area contributed by atoms with E-state index in [1.165, 1.54) is 5.57 Å². The molecule has 1 rings (SSSR count). The molecule has 0 saturated heterocycles. The molecule has 0 aliphatic carbocycles. The molecule has 0 aromatic heterocycles. The molecule has 98 valence electrons. The first-order chi connectivity index (χ1) is 7.62. The molecule has 0 aromatic rings. The van der Waals surface area contributed by atoms with Crippen LogP contribution in [0.25, 0.3) is 0 Å². The third-order valence-corrected chi connectivity index (χ3v) is 5.10. The summed E-state index contributed by atoms with van der Waals surface area (Å²) in [6, 6.07) is 0. The summed E-state index contributed by atoms with van der Waals surface area (Å²) in [6.45, 7) is 20.2. The van der Waals surface area contributed by atoms with Gasteiger partial charge in [0.05, 0.1) is 5.54 Å². The molecule has 1 nitrogen and oxygen atoms in total. The zero-order chi connectivity index (χ0) is 13.4. The standard InChI is InChI=1S/C16H29N/c1-11(2)12(3)9-13(4)14(5)16(8)15(6,7)10-17-16/h10-11,13-14H,3,9H2,1-2,4-8H3/t13?,14-,16+/m1/s1. The molecular formula is C16H29N. The van der Waals surface area contributed by atoms with Crippen LogP contribution in [-0.2, 0) is 0 Å². The van der Waals surface area contributed by atoms with Crippen molar-refractivity contribution < 1.29 is 0 Å². The summed E-state index contributed by atoms with van der Waals surface area (Å²) in [4.78, 5) is 4.67. The monoisotopic (exact) mass is 235 g/mol. The average molecular weight is 235 g/mol. The molecule has 1 heteroatoms. The van der Waals surface area contributed by atoms with Crippen molar-refractivity contribution in [1.82, 2.24) is 0 Å². The second-order valence-corrected chi connectivity index (χ2v) is 6.91. The van der Waals surface area contributed by atoms with Crippen molar-refractivity contribution in [3.05, 3.63) is 12.2 Å². The number of rotatable bonds is 5. The van der Waals surface area contributed by atoms with E-state index in [-0.39, 0.29) is 11.0 Å². The zero-order valence-corrected chi connectivity index (χ0v) is 12.7. The molecular weight excluding hydrogens is 206 g/mol. The minimum atomic E-state index is 0.101. The van der Waals surface area contributed by atoms with Gasteiger partial charge in [-0.1, -0.05) is 53.7 Å². The smallest absolute Gasteiger partial charge is 0.0704 e. The number of hydrogen-bond donors (Lipinski definition) is 0. The Kier molecular flexibility index (Phi) is 3.91. The molecule has 17 heavy (non-hydrogen) atoms. The maximum absolute atomic E-state index is 4.67. The van der Waals surface area contributed by atoms with Crippen LogP contribution in [0.3, 0.4) is 0 Å². The third-order valence-electron chi connectivity index (χ3n) is 5.10. The van der Waals surface area contributed by atoms with Crippen LogP contribution in [-0.4, -0.2) is 11.8 Å². The first-order valence-corrected chi connectivity index (χ1v) is 6.86. The quantitative estimate of drug-likeness (QED) is 0.611. The Morgan fingerprint density at radius 2 is 1.71 bits per heavy atom. The van der Waals surface area contributed by atoms with Gasteiger partial charge in [0.25, 0.3) is 0 Å². The maximum atomic E-state index is 4.67. The van der Waals surface area contributed by atoms with Gasteiger partial charge in [0.2, 0.25) is 0 Å². The molecule has 0 bridgehead atoms. The summed E-state index contributed by atoms with van der Waals surface area (Å²) >= 11 is 0. The van der Waals surface area contributed by atoms with Crippen LogP contribution in [0.1, 0.15) is 54.9 Å². The van der Waals surface area contributed by atoms with Crippen LogP contribution < -0.4 is 0 Å². The summed E-state index contributed by atoms with van der Waals surface area (Å²) in [5, 5.41) is 0. The molecule has 0 spiro atoms. The first-order valence-electron chi connectivity index (χ1n) is 6.86. The Bertz CT molecular complexity index is 324. The van der Waals surface area contributed by atoms with E-state index in [9.17, 15) is 0 Å². The van der Waals surface area contributed by atoms with E-state index in [0.29, 0.717) is 17.8 Å². The lowest BCUT2D eigenvalue weighted by molar-refractivity contribution is 0.118. The van der Waals surface area contributed by atoms with E-state index in [1.807, 2.05) is 0 Å². The Morgan fingerprint density at radius 1 is 1.18 bits per heavy atom. The van der Waals surface area contributed by atoms with Crippen LogP contribution in [0, 0.1) is 23.2 Å². The largest absolute Gasteiger partial charge is 0.289 e.